The summed E-state index contributed by atoms with van der Waals surface area (Å²) in [6.45, 7) is 10.2. The van der Waals surface area contributed by atoms with Gasteiger partial charge in [0.2, 0.25) is 0 Å². The van der Waals surface area contributed by atoms with Gasteiger partial charge in [-0.25, -0.2) is 0 Å². The van der Waals surface area contributed by atoms with Gasteiger partial charge in [0.15, 0.2) is 0 Å². The average molecular weight is 392 g/mol. The molecule has 0 N–H and O–H groups in total. The molecule has 2 nitrogen and oxygen atoms in total. The third-order valence-electron chi connectivity index (χ3n) is 6.09. The molecule has 29 heavy (non-hydrogen) atoms. The molecule has 1 aliphatic rings. The fourth-order valence-corrected chi connectivity index (χ4v) is 4.38. The number of benzene rings is 2. The summed E-state index contributed by atoms with van der Waals surface area (Å²) in [6.07, 6.45) is 10.3. The third kappa shape index (κ3) is 7.04. The largest absolute Gasteiger partial charge is 0.494 e. The van der Waals surface area contributed by atoms with Crippen LogP contribution < -0.4 is 4.74 Å². The monoisotopic (exact) mass is 391 g/mol. The normalized spacial score (nSPS) is 15.3. The first kappa shape index (κ1) is 21.6. The van der Waals surface area contributed by atoms with E-state index >= 15 is 0 Å². The standard InChI is InChI=1S/C27H37NO/c1-3-5-10-23(9-4-2)17-20-29-27-14-13-25-15-18-28(19-16-26(25)21-27)22-24-11-7-6-8-12-24/h3,6-8,11-14,21,23H,1,4-5,9-10,15-20,22H2,2H3. The van der Waals surface area contributed by atoms with Crippen LogP contribution in [0.5, 0.6) is 5.75 Å². The summed E-state index contributed by atoms with van der Waals surface area (Å²) >= 11 is 0. The first-order valence-corrected chi connectivity index (χ1v) is 11.4. The third-order valence-corrected chi connectivity index (χ3v) is 6.09. The van der Waals surface area contributed by atoms with Gasteiger partial charge in [0.1, 0.15) is 5.75 Å². The van der Waals surface area contributed by atoms with Crippen LogP contribution >= 0.6 is 0 Å². The number of ether oxygens (including phenoxy) is 1. The van der Waals surface area contributed by atoms with Gasteiger partial charge in [-0.3, -0.25) is 4.90 Å². The summed E-state index contributed by atoms with van der Waals surface area (Å²) in [5, 5.41) is 0. The summed E-state index contributed by atoms with van der Waals surface area (Å²) in [7, 11) is 0. The molecule has 2 aromatic carbocycles. The molecule has 0 saturated heterocycles. The Balaban J connectivity index is 1.50. The number of rotatable bonds is 11. The van der Waals surface area contributed by atoms with Gasteiger partial charge >= 0.3 is 0 Å². The van der Waals surface area contributed by atoms with Crippen molar-refractivity contribution in [3.8, 4) is 5.75 Å². The highest BCUT2D eigenvalue weighted by Crippen LogP contribution is 2.24. The molecule has 2 heteroatoms. The van der Waals surface area contributed by atoms with Crippen LogP contribution in [0.25, 0.3) is 0 Å². The minimum absolute atomic E-state index is 0.755. The van der Waals surface area contributed by atoms with Gasteiger partial charge in [-0.1, -0.05) is 62.2 Å². The van der Waals surface area contributed by atoms with Gasteiger partial charge in [0.25, 0.3) is 0 Å². The van der Waals surface area contributed by atoms with Gasteiger partial charge in [0, 0.05) is 19.6 Å². The molecule has 0 radical (unpaired) electrons. The summed E-state index contributed by atoms with van der Waals surface area (Å²) in [4.78, 5) is 2.57. The van der Waals surface area contributed by atoms with Crippen molar-refractivity contribution >= 4 is 0 Å². The Hall–Kier alpha value is -2.06. The van der Waals surface area contributed by atoms with E-state index in [-0.39, 0.29) is 0 Å². The second kappa shape index (κ2) is 11.8. The molecule has 2 aromatic rings. The summed E-state index contributed by atoms with van der Waals surface area (Å²) in [5.41, 5.74) is 4.36. The Morgan fingerprint density at radius 3 is 2.55 bits per heavy atom. The zero-order valence-corrected chi connectivity index (χ0v) is 18.1. The first-order chi connectivity index (χ1) is 14.3. The predicted octanol–water partition coefficient (Wildman–Crippen LogP) is 6.44. The van der Waals surface area contributed by atoms with Gasteiger partial charge in [-0.15, -0.1) is 6.58 Å². The number of hydrogen-bond acceptors (Lipinski definition) is 2. The highest BCUT2D eigenvalue weighted by atomic mass is 16.5. The van der Waals surface area contributed by atoms with Crippen LogP contribution in [0.3, 0.4) is 0 Å². The molecule has 1 unspecified atom stereocenters. The maximum atomic E-state index is 6.15. The van der Waals surface area contributed by atoms with Gasteiger partial charge < -0.3 is 4.74 Å². The maximum absolute atomic E-state index is 6.15. The minimum atomic E-state index is 0.755. The van der Waals surface area contributed by atoms with Crippen LogP contribution in [0.4, 0.5) is 0 Å². The number of allylic oxidation sites excluding steroid dienone is 1. The van der Waals surface area contributed by atoms with E-state index in [0.29, 0.717) is 0 Å². The second-order valence-corrected chi connectivity index (χ2v) is 8.35. The molecule has 0 aliphatic carbocycles. The lowest BCUT2D eigenvalue weighted by molar-refractivity contribution is 0.265. The zero-order chi connectivity index (χ0) is 20.3. The summed E-state index contributed by atoms with van der Waals surface area (Å²) in [6, 6.07) is 17.6. The predicted molar refractivity (Wildman–Crippen MR) is 124 cm³/mol. The van der Waals surface area contributed by atoms with Crippen molar-refractivity contribution in [2.45, 2.75) is 58.4 Å². The Labute approximate surface area is 177 Å². The SMILES string of the molecule is C=CCCC(CCC)CCOc1ccc2c(c1)CCN(Cc1ccccc1)CC2. The Morgan fingerprint density at radius 2 is 1.79 bits per heavy atom. The van der Waals surface area contributed by atoms with Crippen molar-refractivity contribution in [1.82, 2.24) is 4.90 Å². The lowest BCUT2D eigenvalue weighted by Crippen LogP contribution is -2.25. The minimum Gasteiger partial charge on any atom is -0.494 e. The molecule has 156 valence electrons. The van der Waals surface area contributed by atoms with E-state index in [4.69, 9.17) is 4.74 Å². The molecule has 0 amide bonds. The van der Waals surface area contributed by atoms with Crippen molar-refractivity contribution < 1.29 is 4.74 Å². The number of nitrogens with zero attached hydrogens (tertiary/aromatic N) is 1. The average Bonchev–Trinajstić information content (AvgIpc) is 2.95. The van der Waals surface area contributed by atoms with Crippen molar-refractivity contribution in [2.75, 3.05) is 19.7 Å². The highest BCUT2D eigenvalue weighted by molar-refractivity contribution is 5.37. The van der Waals surface area contributed by atoms with Crippen molar-refractivity contribution in [2.24, 2.45) is 5.92 Å². The van der Waals surface area contributed by atoms with Crippen LogP contribution in [0.2, 0.25) is 0 Å². The van der Waals surface area contributed by atoms with Gasteiger partial charge in [-0.05, 0) is 66.8 Å². The molecule has 1 atom stereocenters. The van der Waals surface area contributed by atoms with E-state index in [1.54, 1.807) is 0 Å². The smallest absolute Gasteiger partial charge is 0.119 e. The van der Waals surface area contributed by atoms with Gasteiger partial charge in [0.05, 0.1) is 6.61 Å². The van der Waals surface area contributed by atoms with Crippen LogP contribution in [0.1, 0.15) is 55.7 Å². The molecular weight excluding hydrogens is 354 g/mol. The molecule has 0 fully saturated rings. The number of fused-ring (bicyclic) bond motifs is 1. The van der Waals surface area contributed by atoms with Crippen molar-refractivity contribution in [3.05, 3.63) is 77.9 Å². The van der Waals surface area contributed by atoms with E-state index in [9.17, 15) is 0 Å². The Bertz CT molecular complexity index is 739. The quantitative estimate of drug-likeness (QED) is 0.409. The Kier molecular flexibility index (Phi) is 8.82. The zero-order valence-electron chi connectivity index (χ0n) is 18.1. The van der Waals surface area contributed by atoms with E-state index in [0.717, 1.165) is 63.6 Å². The van der Waals surface area contributed by atoms with E-state index in [2.05, 4.69) is 66.9 Å². The van der Waals surface area contributed by atoms with Gasteiger partial charge in [-0.2, -0.15) is 0 Å². The lowest BCUT2D eigenvalue weighted by Gasteiger charge is -2.19. The molecule has 0 saturated carbocycles. The van der Waals surface area contributed by atoms with Crippen LogP contribution in [0, 0.1) is 5.92 Å². The second-order valence-electron chi connectivity index (χ2n) is 8.35. The molecule has 0 bridgehead atoms. The van der Waals surface area contributed by atoms with E-state index in [1.165, 1.54) is 36.0 Å². The summed E-state index contributed by atoms with van der Waals surface area (Å²) < 4.78 is 6.15. The molecule has 0 spiro atoms. The van der Waals surface area contributed by atoms with Crippen LogP contribution in [-0.4, -0.2) is 24.6 Å². The molecule has 3 rings (SSSR count). The maximum Gasteiger partial charge on any atom is 0.119 e. The Morgan fingerprint density at radius 1 is 1.00 bits per heavy atom. The molecule has 1 heterocycles. The van der Waals surface area contributed by atoms with E-state index in [1.807, 2.05) is 6.08 Å². The summed E-state index contributed by atoms with van der Waals surface area (Å²) in [5.74, 6) is 1.80. The molecule has 0 aromatic heterocycles. The molecule has 1 aliphatic heterocycles. The number of hydrogen-bond donors (Lipinski definition) is 0. The fraction of sp³-hybridized carbons (Fsp3) is 0.481. The highest BCUT2D eigenvalue weighted by Gasteiger charge is 2.15. The van der Waals surface area contributed by atoms with Crippen LogP contribution in [-0.2, 0) is 19.4 Å². The lowest BCUT2D eigenvalue weighted by atomic mass is 9.95. The van der Waals surface area contributed by atoms with Crippen molar-refractivity contribution in [1.29, 1.82) is 0 Å². The van der Waals surface area contributed by atoms with Crippen LogP contribution in [0.15, 0.2) is 61.2 Å². The molecular formula is C27H37NO. The topological polar surface area (TPSA) is 12.5 Å². The van der Waals surface area contributed by atoms with E-state index < -0.39 is 0 Å². The first-order valence-electron chi connectivity index (χ1n) is 11.4. The fourth-order valence-electron chi connectivity index (χ4n) is 4.38. The van der Waals surface area contributed by atoms with Crippen molar-refractivity contribution in [3.63, 3.8) is 0 Å².